The molecule has 0 amide bonds. The SMILES string of the molecule is COc1ccc(O)c(CC2(O)CC2)c1OC. The van der Waals surface area contributed by atoms with E-state index in [1.165, 1.54) is 7.11 Å². The van der Waals surface area contributed by atoms with E-state index in [2.05, 4.69) is 0 Å². The highest BCUT2D eigenvalue weighted by atomic mass is 16.5. The van der Waals surface area contributed by atoms with Gasteiger partial charge in [-0.1, -0.05) is 0 Å². The molecule has 1 fully saturated rings. The van der Waals surface area contributed by atoms with E-state index in [0.717, 1.165) is 12.8 Å². The fourth-order valence-electron chi connectivity index (χ4n) is 1.80. The number of ether oxygens (including phenoxy) is 2. The standard InChI is InChI=1S/C12H16O4/c1-15-10-4-3-9(13)8(11(10)16-2)7-12(14)5-6-12/h3-4,13-14H,5-7H2,1-2H3. The molecule has 16 heavy (non-hydrogen) atoms. The summed E-state index contributed by atoms with van der Waals surface area (Å²) < 4.78 is 10.4. The van der Waals surface area contributed by atoms with Crippen molar-refractivity contribution in [1.82, 2.24) is 0 Å². The fraction of sp³-hybridized carbons (Fsp3) is 0.500. The minimum absolute atomic E-state index is 0.137. The van der Waals surface area contributed by atoms with Crippen LogP contribution in [0, 0.1) is 0 Å². The highest BCUT2D eigenvalue weighted by Gasteiger charge is 2.41. The lowest BCUT2D eigenvalue weighted by Crippen LogP contribution is -2.12. The van der Waals surface area contributed by atoms with Crippen LogP contribution in [-0.2, 0) is 6.42 Å². The van der Waals surface area contributed by atoms with Gasteiger partial charge < -0.3 is 19.7 Å². The van der Waals surface area contributed by atoms with E-state index >= 15 is 0 Å². The molecule has 4 nitrogen and oxygen atoms in total. The first-order valence-corrected chi connectivity index (χ1v) is 5.25. The zero-order valence-corrected chi connectivity index (χ0v) is 9.49. The van der Waals surface area contributed by atoms with Gasteiger partial charge >= 0.3 is 0 Å². The Labute approximate surface area is 94.4 Å². The molecule has 0 atom stereocenters. The van der Waals surface area contributed by atoms with E-state index in [4.69, 9.17) is 9.47 Å². The van der Waals surface area contributed by atoms with Crippen LogP contribution in [0.4, 0.5) is 0 Å². The second-order valence-corrected chi connectivity index (χ2v) is 4.20. The van der Waals surface area contributed by atoms with Gasteiger partial charge in [-0.25, -0.2) is 0 Å². The van der Waals surface area contributed by atoms with Gasteiger partial charge in [0.25, 0.3) is 0 Å². The van der Waals surface area contributed by atoms with Crippen LogP contribution in [0.5, 0.6) is 17.2 Å². The van der Waals surface area contributed by atoms with Crippen molar-refractivity contribution in [3.8, 4) is 17.2 Å². The highest BCUT2D eigenvalue weighted by molar-refractivity contribution is 5.54. The van der Waals surface area contributed by atoms with Crippen LogP contribution >= 0.6 is 0 Å². The van der Waals surface area contributed by atoms with E-state index in [0.29, 0.717) is 23.5 Å². The maximum Gasteiger partial charge on any atom is 0.167 e. The smallest absolute Gasteiger partial charge is 0.167 e. The van der Waals surface area contributed by atoms with Crippen LogP contribution < -0.4 is 9.47 Å². The van der Waals surface area contributed by atoms with Crippen LogP contribution in [0.2, 0.25) is 0 Å². The lowest BCUT2D eigenvalue weighted by Gasteiger charge is -2.16. The van der Waals surface area contributed by atoms with Gasteiger partial charge in [0, 0.05) is 12.0 Å². The molecule has 1 aromatic rings. The zero-order chi connectivity index (χ0) is 11.8. The third kappa shape index (κ3) is 1.93. The third-order valence-electron chi connectivity index (χ3n) is 2.96. The molecule has 0 aliphatic heterocycles. The second-order valence-electron chi connectivity index (χ2n) is 4.20. The number of aromatic hydroxyl groups is 1. The minimum Gasteiger partial charge on any atom is -0.508 e. The van der Waals surface area contributed by atoms with E-state index < -0.39 is 5.60 Å². The molecular formula is C12H16O4. The average molecular weight is 224 g/mol. The molecule has 1 aliphatic rings. The van der Waals surface area contributed by atoms with Crippen molar-refractivity contribution in [2.24, 2.45) is 0 Å². The third-order valence-corrected chi connectivity index (χ3v) is 2.96. The Hall–Kier alpha value is -1.42. The summed E-state index contributed by atoms with van der Waals surface area (Å²) in [7, 11) is 3.07. The molecule has 0 radical (unpaired) electrons. The van der Waals surface area contributed by atoms with Crippen molar-refractivity contribution >= 4 is 0 Å². The minimum atomic E-state index is -0.670. The number of aliphatic hydroxyl groups is 1. The molecule has 0 unspecified atom stereocenters. The Morgan fingerprint density at radius 3 is 2.44 bits per heavy atom. The topological polar surface area (TPSA) is 58.9 Å². The number of hydrogen-bond acceptors (Lipinski definition) is 4. The van der Waals surface area contributed by atoms with Crippen molar-refractivity contribution in [3.63, 3.8) is 0 Å². The summed E-state index contributed by atoms with van der Waals surface area (Å²) in [5, 5.41) is 19.7. The largest absolute Gasteiger partial charge is 0.508 e. The van der Waals surface area contributed by atoms with E-state index in [1.807, 2.05) is 0 Å². The number of rotatable bonds is 4. The normalized spacial score (nSPS) is 16.9. The number of phenolic OH excluding ortho intramolecular Hbond substituents is 1. The number of phenols is 1. The van der Waals surface area contributed by atoms with E-state index in [-0.39, 0.29) is 5.75 Å². The highest BCUT2D eigenvalue weighted by Crippen LogP contribution is 2.45. The fourth-order valence-corrected chi connectivity index (χ4v) is 1.80. The number of benzene rings is 1. The molecule has 4 heteroatoms. The van der Waals surface area contributed by atoms with Crippen LogP contribution in [-0.4, -0.2) is 30.0 Å². The summed E-state index contributed by atoms with van der Waals surface area (Å²) in [6, 6.07) is 3.21. The Morgan fingerprint density at radius 2 is 1.94 bits per heavy atom. The lowest BCUT2D eigenvalue weighted by atomic mass is 10.0. The van der Waals surface area contributed by atoms with Gasteiger partial charge in [0.1, 0.15) is 5.75 Å². The molecule has 0 spiro atoms. The first-order chi connectivity index (χ1) is 7.59. The van der Waals surface area contributed by atoms with Crippen molar-refractivity contribution in [3.05, 3.63) is 17.7 Å². The molecule has 1 saturated carbocycles. The molecule has 1 aromatic carbocycles. The van der Waals surface area contributed by atoms with Gasteiger partial charge in [-0.05, 0) is 25.0 Å². The number of hydrogen-bond donors (Lipinski definition) is 2. The first-order valence-electron chi connectivity index (χ1n) is 5.25. The molecule has 0 bridgehead atoms. The van der Waals surface area contributed by atoms with Gasteiger partial charge in [-0.3, -0.25) is 0 Å². The maximum atomic E-state index is 9.88. The van der Waals surface area contributed by atoms with Gasteiger partial charge in [-0.15, -0.1) is 0 Å². The maximum absolute atomic E-state index is 9.88. The lowest BCUT2D eigenvalue weighted by molar-refractivity contribution is 0.148. The predicted octanol–water partition coefficient (Wildman–Crippen LogP) is 1.48. The summed E-state index contributed by atoms with van der Waals surface area (Å²) >= 11 is 0. The van der Waals surface area contributed by atoms with Gasteiger partial charge in [0.15, 0.2) is 11.5 Å². The van der Waals surface area contributed by atoms with Crippen LogP contribution in [0.1, 0.15) is 18.4 Å². The molecule has 2 N–H and O–H groups in total. The molecular weight excluding hydrogens is 208 g/mol. The summed E-state index contributed by atoms with van der Waals surface area (Å²) in [6.07, 6.45) is 1.94. The Kier molecular flexibility index (Phi) is 2.68. The first kappa shape index (κ1) is 11.1. The molecule has 0 aromatic heterocycles. The Morgan fingerprint density at radius 1 is 1.25 bits per heavy atom. The predicted molar refractivity (Wildman–Crippen MR) is 59.1 cm³/mol. The molecule has 0 saturated heterocycles. The summed E-state index contributed by atoms with van der Waals surface area (Å²) in [4.78, 5) is 0. The van der Waals surface area contributed by atoms with Crippen LogP contribution in [0.15, 0.2) is 12.1 Å². The van der Waals surface area contributed by atoms with Crippen molar-refractivity contribution < 1.29 is 19.7 Å². The monoisotopic (exact) mass is 224 g/mol. The van der Waals surface area contributed by atoms with Crippen molar-refractivity contribution in [1.29, 1.82) is 0 Å². The van der Waals surface area contributed by atoms with Crippen molar-refractivity contribution in [2.45, 2.75) is 24.9 Å². The molecule has 88 valence electrons. The second kappa shape index (κ2) is 3.87. The van der Waals surface area contributed by atoms with E-state index in [1.54, 1.807) is 19.2 Å². The summed E-state index contributed by atoms with van der Waals surface area (Å²) in [6.45, 7) is 0. The van der Waals surface area contributed by atoms with E-state index in [9.17, 15) is 10.2 Å². The average Bonchev–Trinajstić information content (AvgIpc) is 2.99. The van der Waals surface area contributed by atoms with Gasteiger partial charge in [0.2, 0.25) is 0 Å². The zero-order valence-electron chi connectivity index (χ0n) is 9.49. The molecule has 1 aliphatic carbocycles. The molecule has 0 heterocycles. The van der Waals surface area contributed by atoms with Crippen molar-refractivity contribution in [2.75, 3.05) is 14.2 Å². The summed E-state index contributed by atoms with van der Waals surface area (Å²) in [5.74, 6) is 1.21. The van der Waals surface area contributed by atoms with Crippen LogP contribution in [0.3, 0.4) is 0 Å². The number of methoxy groups -OCH3 is 2. The van der Waals surface area contributed by atoms with Gasteiger partial charge in [-0.2, -0.15) is 0 Å². The Balaban J connectivity index is 2.39. The molecule has 2 rings (SSSR count). The van der Waals surface area contributed by atoms with Gasteiger partial charge in [0.05, 0.1) is 19.8 Å². The summed E-state index contributed by atoms with van der Waals surface area (Å²) in [5.41, 5.74) is -0.0567. The Bertz CT molecular complexity index is 396. The van der Waals surface area contributed by atoms with Crippen LogP contribution in [0.25, 0.3) is 0 Å². The quantitative estimate of drug-likeness (QED) is 0.813.